The summed E-state index contributed by atoms with van der Waals surface area (Å²) in [7, 11) is -9.59. The summed E-state index contributed by atoms with van der Waals surface area (Å²) in [5.74, 6) is -0.0491. The maximum absolute atomic E-state index is 12.5. The first-order valence-electron chi connectivity index (χ1n) is 11.2. The van der Waals surface area contributed by atoms with Crippen molar-refractivity contribution in [3.63, 3.8) is 0 Å². The minimum Gasteiger partial charge on any atom is -0.380 e. The zero-order valence-corrected chi connectivity index (χ0v) is 115. The summed E-state index contributed by atoms with van der Waals surface area (Å²) in [4.78, 5) is 0. The fourth-order valence-electron chi connectivity index (χ4n) is 2.04. The molecule has 3 aromatic rings. The Morgan fingerprint density at radius 3 is 1.03 bits per heavy atom. The summed E-state index contributed by atoms with van der Waals surface area (Å²) in [6, 6.07) is 11.6. The van der Waals surface area contributed by atoms with Crippen molar-refractivity contribution >= 4 is 590 Å². The van der Waals surface area contributed by atoms with E-state index >= 15 is 0 Å². The number of nitrogen functional groups attached to an aromatic ring is 1. The third kappa shape index (κ3) is 34.2. The van der Waals surface area contributed by atoms with Gasteiger partial charge in [-0.1, -0.05) is 37.0 Å². The number of rotatable bonds is 18. The largest absolute Gasteiger partial charge is 0.380 e. The van der Waals surface area contributed by atoms with Crippen molar-refractivity contribution < 1.29 is 8.91 Å². The number of halogens is 43. The minimum absolute atomic E-state index is 0.0642. The molecule has 1 aromatic heterocycles. The Balaban J connectivity index is 0.000000699. The average molecular weight is 5490 g/mol. The molecule has 0 unspecified atom stereocenters. The van der Waals surface area contributed by atoms with E-state index in [1.165, 1.54) is 12.1 Å². The molecule has 0 aliphatic carbocycles. The SMILES string of the molecule is II(I)I(I)I(I)I(I)I(I)I(I)I(I)I(I)I(I)I(I)I(I)I(I)I(I)I(I)I(I)I(I)I(I)I(I)I(I)I.N#Cc1cc(Br)ccc1F.Nc1noc2ccc(Br)cc12. The Kier molecular flexibility index (Phi) is 70.4. The molecular weight excluding hydrogens is 5480 g/mol. The quantitative estimate of drug-likeness (QED) is 0.129. The number of nitriles is 1. The zero-order valence-electron chi connectivity index (χ0n) is 25.6. The molecule has 0 saturated heterocycles. The summed E-state index contributed by atoms with van der Waals surface area (Å²) < 4.78 is 19.1. The van der Waals surface area contributed by atoms with Gasteiger partial charge in [-0.25, -0.2) is 4.39 Å². The normalized spacial score (nSPS) is 15.6. The maximum Gasteiger partial charge on any atom is 0.174 e. The van der Waals surface area contributed by atoms with Gasteiger partial charge < -0.3 is 10.3 Å². The molecule has 3 rings (SSSR count). The van der Waals surface area contributed by atoms with Crippen LogP contribution in [0.25, 0.3) is 11.0 Å². The molecule has 0 atom stereocenters. The van der Waals surface area contributed by atoms with E-state index in [1.54, 1.807) is 12.1 Å². The van der Waals surface area contributed by atoms with E-state index in [-0.39, 0.29) is 5.56 Å². The van der Waals surface area contributed by atoms with E-state index < -0.39 is 156 Å². The van der Waals surface area contributed by atoms with Crippen LogP contribution in [-0.4, -0.2) is 5.16 Å². The van der Waals surface area contributed by atoms with Crippen LogP contribution in [0.4, 0.5) is 10.2 Å². The fraction of sp³-hybridized carbons (Fsp3) is 0. The van der Waals surface area contributed by atoms with E-state index in [1.807, 2.05) is 18.2 Å². The van der Waals surface area contributed by atoms with Gasteiger partial charge in [-0.15, -0.1) is 0 Å². The molecule has 0 radical (unpaired) electrons. The number of hydrogen-bond donors (Lipinski definition) is 1. The van der Waals surface area contributed by atoms with Crippen molar-refractivity contribution in [3.05, 3.63) is 56.7 Å². The Morgan fingerprint density at radius 2 is 0.754 bits per heavy atom. The first-order valence-corrected chi connectivity index (χ1v) is 258. The van der Waals surface area contributed by atoms with Crippen molar-refractivity contribution in [2.45, 2.75) is 0 Å². The molecule has 0 saturated carbocycles. The molecule has 2 aromatic carbocycles. The molecular formula is C14H8Br2FI40N3O. The van der Waals surface area contributed by atoms with Crippen molar-refractivity contribution in [1.82, 2.24) is 5.16 Å². The van der Waals surface area contributed by atoms with Crippen LogP contribution in [0.1, 0.15) is 5.56 Å². The van der Waals surface area contributed by atoms with E-state index in [9.17, 15) is 4.39 Å². The van der Waals surface area contributed by atoms with Crippen LogP contribution in [0.15, 0.2) is 49.9 Å². The van der Waals surface area contributed by atoms with Crippen LogP contribution in [0.3, 0.4) is 0 Å². The molecule has 0 aliphatic rings. The fourth-order valence-corrected chi connectivity index (χ4v) is 7130. The van der Waals surface area contributed by atoms with Gasteiger partial charge in [-0.3, -0.25) is 0 Å². The summed E-state index contributed by atoms with van der Waals surface area (Å²) >= 11 is 74.0. The molecule has 2 N–H and O–H groups in total. The number of hydrogen-bond acceptors (Lipinski definition) is 4. The second-order valence-corrected chi connectivity index (χ2v) is 935. The van der Waals surface area contributed by atoms with Crippen LogP contribution in [-0.2, 0) is 0 Å². The maximum atomic E-state index is 12.5. The summed E-state index contributed by atoms with van der Waals surface area (Å²) in [6.45, 7) is 0. The first kappa shape index (κ1) is 86.3. The zero-order chi connectivity index (χ0) is 47.4. The van der Waals surface area contributed by atoms with Gasteiger partial charge in [0.25, 0.3) is 0 Å². The predicted molar refractivity (Wildman–Crippen MR) is 646 cm³/mol. The van der Waals surface area contributed by atoms with Crippen LogP contribution in [0.2, 0.25) is 0 Å². The van der Waals surface area contributed by atoms with Crippen LogP contribution < -0.4 is 5.73 Å². The van der Waals surface area contributed by atoms with Crippen molar-refractivity contribution in [1.29, 1.82) is 5.26 Å². The molecule has 0 aliphatic heterocycles. The predicted octanol–water partition coefficient (Wildman–Crippen LogP) is 40.1. The van der Waals surface area contributed by atoms with Gasteiger partial charge in [0, 0.05) is 8.95 Å². The number of nitrogens with two attached hydrogens (primary N) is 1. The number of anilines is 1. The third-order valence-electron chi connectivity index (χ3n) is 3.98. The second kappa shape index (κ2) is 49.8. The number of nitrogens with zero attached hydrogens (tertiary/aromatic N) is 2. The molecule has 0 bridgehead atoms. The smallest absolute Gasteiger partial charge is 0.174 e. The van der Waals surface area contributed by atoms with Gasteiger partial charge in [0.2, 0.25) is 0 Å². The molecule has 0 fully saturated rings. The van der Waals surface area contributed by atoms with Gasteiger partial charge in [0.15, 0.2) is 11.4 Å². The molecule has 0 spiro atoms. The number of fused-ring (bicyclic) bond motifs is 1. The average Bonchev–Trinajstić information content (AvgIpc) is 3.61. The first-order chi connectivity index (χ1) is 28.1. The Bertz CT molecular complexity index is 1740. The number of benzene rings is 2. The molecule has 61 heavy (non-hydrogen) atoms. The Labute approximate surface area is 644 Å². The van der Waals surface area contributed by atoms with Gasteiger partial charge >= 0.3 is 541 Å². The Morgan fingerprint density at radius 1 is 0.475 bits per heavy atom. The van der Waals surface area contributed by atoms with Gasteiger partial charge in [0.1, 0.15) is 11.9 Å². The van der Waals surface area contributed by atoms with E-state index in [4.69, 9.17) is 15.5 Å². The second-order valence-electron chi connectivity index (χ2n) is 7.02. The minimum atomic E-state index is -0.541. The molecule has 47 heteroatoms. The van der Waals surface area contributed by atoms with Gasteiger partial charge in [-0.2, -0.15) is 5.26 Å². The van der Waals surface area contributed by atoms with Crippen LogP contribution >= 0.6 is 573 Å². The van der Waals surface area contributed by atoms with Crippen molar-refractivity contribution in [3.8, 4) is 6.07 Å². The standard InChI is InChI=1S/C7H3BrFN.C7H5BrN2O.I40/c8-6-1-2-7(9)5(3-6)4-10;8-4-1-2-6-5(3-4)7(9)10-11-6;1-22(2)24(5)26(7)28(9)30(11)32(13)34(15)36(17)38(19)40(21)39(20)37(18)35(16)33(14)31(12)29(10)27(8)25(6)23(3)4/h1-3H;1-3H,(H2,9,10);. The van der Waals surface area contributed by atoms with Gasteiger partial charge in [-0.05, 0) is 36.4 Å². The van der Waals surface area contributed by atoms with E-state index in [0.29, 0.717) is 15.9 Å². The monoisotopic (exact) mass is 5490 g/mol. The topological polar surface area (TPSA) is 75.8 Å². The van der Waals surface area contributed by atoms with Crippen LogP contribution in [0.5, 0.6) is 0 Å². The summed E-state index contributed by atoms with van der Waals surface area (Å²) in [5.41, 5.74) is 6.30. The molecule has 386 valence electrons. The third-order valence-corrected chi connectivity index (χ3v) is 2980. The molecule has 4 nitrogen and oxygen atoms in total. The van der Waals surface area contributed by atoms with E-state index in [2.05, 4.69) is 428 Å². The summed E-state index contributed by atoms with van der Waals surface area (Å²) in [5, 5.41) is 12.8. The Hall–Kier alpha value is 27.3. The van der Waals surface area contributed by atoms with Gasteiger partial charge in [0.05, 0.1) is 10.9 Å². The number of aromatic nitrogens is 1. The van der Waals surface area contributed by atoms with Crippen LogP contribution in [0, 0.1) is 17.1 Å². The molecule has 1 heterocycles. The van der Waals surface area contributed by atoms with Crippen molar-refractivity contribution in [2.24, 2.45) is 0 Å². The van der Waals surface area contributed by atoms with E-state index in [0.717, 1.165) is 9.86 Å². The van der Waals surface area contributed by atoms with Crippen molar-refractivity contribution in [2.75, 3.05) is 5.73 Å². The summed E-state index contributed by atoms with van der Waals surface area (Å²) in [6.07, 6.45) is 0. The molecule has 0 amide bonds.